The van der Waals surface area contributed by atoms with Crippen molar-refractivity contribution in [1.29, 1.82) is 5.26 Å². The van der Waals surface area contributed by atoms with E-state index in [9.17, 15) is 23.2 Å². The predicted molar refractivity (Wildman–Crippen MR) is 94.4 cm³/mol. The Morgan fingerprint density at radius 3 is 2.58 bits per heavy atom. The number of aromatic nitrogens is 1. The van der Waals surface area contributed by atoms with Gasteiger partial charge in [-0.15, -0.1) is 11.8 Å². The summed E-state index contributed by atoms with van der Waals surface area (Å²) in [7, 11) is 0. The van der Waals surface area contributed by atoms with Gasteiger partial charge in [0.1, 0.15) is 11.6 Å². The van der Waals surface area contributed by atoms with Crippen molar-refractivity contribution >= 4 is 23.4 Å². The maximum atomic E-state index is 13.0. The Morgan fingerprint density at radius 2 is 1.92 bits per heavy atom. The highest BCUT2D eigenvalue weighted by Gasteiger charge is 2.33. The fourth-order valence-electron chi connectivity index (χ4n) is 3.11. The summed E-state index contributed by atoms with van der Waals surface area (Å²) in [5.41, 5.74) is 0.849. The number of thioether (sulfide) groups is 1. The number of hydrogen-bond acceptors (Lipinski definition) is 3. The van der Waals surface area contributed by atoms with Gasteiger partial charge in [-0.1, -0.05) is 23.7 Å². The Morgan fingerprint density at radius 1 is 1.23 bits per heavy atom. The lowest BCUT2D eigenvalue weighted by molar-refractivity contribution is -0.137. The number of benzene rings is 1. The Labute approximate surface area is 157 Å². The summed E-state index contributed by atoms with van der Waals surface area (Å²) in [6.07, 6.45) is -1.25. The van der Waals surface area contributed by atoms with E-state index in [0.717, 1.165) is 36.5 Å². The first-order valence-electron chi connectivity index (χ1n) is 7.98. The van der Waals surface area contributed by atoms with Crippen molar-refractivity contribution in [2.24, 2.45) is 0 Å². The van der Waals surface area contributed by atoms with E-state index in [4.69, 9.17) is 11.6 Å². The van der Waals surface area contributed by atoms with Gasteiger partial charge in [-0.2, -0.15) is 18.4 Å². The summed E-state index contributed by atoms with van der Waals surface area (Å²) < 4.78 is 39.0. The first-order chi connectivity index (χ1) is 12.3. The fraction of sp³-hybridized carbons (Fsp3) is 0.333. The monoisotopic (exact) mass is 398 g/mol. The molecule has 2 aromatic rings. The highest BCUT2D eigenvalue weighted by molar-refractivity contribution is 7.98. The van der Waals surface area contributed by atoms with Crippen molar-refractivity contribution in [3.8, 4) is 6.07 Å². The molecule has 0 spiro atoms. The van der Waals surface area contributed by atoms with E-state index in [1.165, 1.54) is 17.8 Å². The lowest BCUT2D eigenvalue weighted by Gasteiger charge is -2.20. The van der Waals surface area contributed by atoms with Crippen molar-refractivity contribution in [3.05, 3.63) is 61.4 Å². The number of H-pyrrole nitrogens is 1. The smallest absolute Gasteiger partial charge is 0.316 e. The van der Waals surface area contributed by atoms with Gasteiger partial charge in [0.05, 0.1) is 15.6 Å². The van der Waals surface area contributed by atoms with E-state index in [1.54, 1.807) is 6.07 Å². The van der Waals surface area contributed by atoms with Gasteiger partial charge < -0.3 is 4.98 Å². The summed E-state index contributed by atoms with van der Waals surface area (Å²) >= 11 is 7.17. The van der Waals surface area contributed by atoms with Crippen LogP contribution >= 0.6 is 23.4 Å². The highest BCUT2D eigenvalue weighted by Crippen LogP contribution is 2.38. The number of nitrogens with zero attached hydrogens (tertiary/aromatic N) is 1. The van der Waals surface area contributed by atoms with Crippen molar-refractivity contribution in [1.82, 2.24) is 4.98 Å². The third-order valence-electron chi connectivity index (χ3n) is 4.37. The molecular formula is C18H14ClF3N2OS. The van der Waals surface area contributed by atoms with Crippen LogP contribution in [-0.4, -0.2) is 4.98 Å². The first-order valence-corrected chi connectivity index (χ1v) is 9.34. The molecule has 8 heteroatoms. The maximum Gasteiger partial charge on any atom is 0.417 e. The summed E-state index contributed by atoms with van der Waals surface area (Å²) in [4.78, 5) is 14.8. The molecule has 1 aromatic heterocycles. The van der Waals surface area contributed by atoms with Gasteiger partial charge in [-0.05, 0) is 48.4 Å². The molecule has 0 atom stereocenters. The van der Waals surface area contributed by atoms with E-state index in [-0.39, 0.29) is 16.3 Å². The summed E-state index contributed by atoms with van der Waals surface area (Å²) in [6.45, 7) is 0. The van der Waals surface area contributed by atoms with Crippen LogP contribution in [0.5, 0.6) is 0 Å². The van der Waals surface area contributed by atoms with Gasteiger partial charge in [-0.3, -0.25) is 4.79 Å². The van der Waals surface area contributed by atoms with Crippen LogP contribution in [0.15, 0.2) is 28.0 Å². The Kier molecular flexibility index (Phi) is 5.35. The van der Waals surface area contributed by atoms with Gasteiger partial charge in [0.2, 0.25) is 0 Å². The van der Waals surface area contributed by atoms with E-state index < -0.39 is 17.3 Å². The zero-order valence-corrected chi connectivity index (χ0v) is 15.1. The van der Waals surface area contributed by atoms with E-state index in [0.29, 0.717) is 17.0 Å². The number of nitrogens with one attached hydrogen (secondary N) is 1. The molecule has 1 aliphatic rings. The van der Waals surface area contributed by atoms with Crippen molar-refractivity contribution < 1.29 is 13.2 Å². The molecule has 1 aliphatic carbocycles. The molecule has 1 aromatic carbocycles. The number of fused-ring (bicyclic) bond motifs is 1. The lowest BCUT2D eigenvalue weighted by Crippen LogP contribution is -2.20. The molecule has 0 amide bonds. The summed E-state index contributed by atoms with van der Waals surface area (Å²) in [5, 5.41) is 9.50. The van der Waals surface area contributed by atoms with Crippen LogP contribution in [0.4, 0.5) is 13.2 Å². The summed E-state index contributed by atoms with van der Waals surface area (Å²) in [6, 6.07) is 5.77. The van der Waals surface area contributed by atoms with Gasteiger partial charge in [0.25, 0.3) is 5.56 Å². The van der Waals surface area contributed by atoms with Gasteiger partial charge in [0, 0.05) is 5.75 Å². The molecule has 0 saturated carbocycles. The van der Waals surface area contributed by atoms with Crippen LogP contribution in [0.2, 0.25) is 5.02 Å². The second-order valence-corrected chi connectivity index (χ2v) is 7.36. The minimum atomic E-state index is -4.51. The molecule has 26 heavy (non-hydrogen) atoms. The van der Waals surface area contributed by atoms with Gasteiger partial charge >= 0.3 is 6.18 Å². The average Bonchev–Trinajstić information content (AvgIpc) is 2.59. The van der Waals surface area contributed by atoms with E-state index >= 15 is 0 Å². The number of halogens is 4. The van der Waals surface area contributed by atoms with Gasteiger partial charge in [0.15, 0.2) is 0 Å². The molecule has 0 saturated heterocycles. The minimum absolute atomic E-state index is 0.140. The van der Waals surface area contributed by atoms with Gasteiger partial charge in [-0.25, -0.2) is 0 Å². The molecule has 1 heterocycles. The normalized spacial score (nSPS) is 14.0. The number of nitriles is 1. The zero-order valence-electron chi connectivity index (χ0n) is 13.5. The largest absolute Gasteiger partial charge is 0.417 e. The summed E-state index contributed by atoms with van der Waals surface area (Å²) in [5.74, 6) is 0.192. The van der Waals surface area contributed by atoms with Crippen LogP contribution in [0.25, 0.3) is 0 Å². The molecule has 0 fully saturated rings. The SMILES string of the molecule is N#Cc1c2c(c(SCc3cccc(C(F)(F)F)c3Cl)[nH]c1=O)CCCC2. The Balaban J connectivity index is 1.94. The number of alkyl halides is 3. The second kappa shape index (κ2) is 7.37. The first kappa shape index (κ1) is 18.9. The Bertz CT molecular complexity index is 947. The van der Waals surface area contributed by atoms with Crippen molar-refractivity contribution in [2.45, 2.75) is 42.6 Å². The quantitative estimate of drug-likeness (QED) is 0.732. The van der Waals surface area contributed by atoms with Crippen LogP contribution in [0, 0.1) is 11.3 Å². The molecular weight excluding hydrogens is 385 g/mol. The highest BCUT2D eigenvalue weighted by atomic mass is 35.5. The predicted octanol–water partition coefficient (Wildman–Crippen LogP) is 5.09. The molecule has 136 valence electrons. The average molecular weight is 399 g/mol. The minimum Gasteiger partial charge on any atom is -0.316 e. The molecule has 1 N–H and O–H groups in total. The second-order valence-electron chi connectivity index (χ2n) is 6.00. The number of pyridine rings is 1. The van der Waals surface area contributed by atoms with Crippen LogP contribution in [0.1, 0.15) is 40.7 Å². The standard InChI is InChI=1S/C18H14ClF3N2OS/c19-15-10(4-3-7-14(15)18(20,21)22)9-26-17-12-6-2-1-5-11(12)13(8-23)16(25)24-17/h3-4,7H,1-2,5-6,9H2,(H,24,25). The number of rotatable bonds is 3. The number of hydrogen-bond donors (Lipinski definition) is 1. The topological polar surface area (TPSA) is 56.6 Å². The van der Waals surface area contributed by atoms with Crippen LogP contribution in [-0.2, 0) is 24.8 Å². The molecule has 3 nitrogen and oxygen atoms in total. The molecule has 0 unspecified atom stereocenters. The molecule has 0 radical (unpaired) electrons. The van der Waals surface area contributed by atoms with Crippen LogP contribution in [0.3, 0.4) is 0 Å². The van der Waals surface area contributed by atoms with Crippen molar-refractivity contribution in [3.63, 3.8) is 0 Å². The zero-order chi connectivity index (χ0) is 18.9. The van der Waals surface area contributed by atoms with Crippen molar-refractivity contribution in [2.75, 3.05) is 0 Å². The van der Waals surface area contributed by atoms with E-state index in [2.05, 4.69) is 4.98 Å². The third kappa shape index (κ3) is 3.62. The third-order valence-corrected chi connectivity index (χ3v) is 5.90. The molecule has 0 aliphatic heterocycles. The fourth-order valence-corrected chi connectivity index (χ4v) is 4.60. The van der Waals surface area contributed by atoms with Crippen LogP contribution < -0.4 is 5.56 Å². The maximum absolute atomic E-state index is 13.0. The molecule has 0 bridgehead atoms. The number of aromatic amines is 1. The molecule has 3 rings (SSSR count). The van der Waals surface area contributed by atoms with E-state index in [1.807, 2.05) is 6.07 Å². The Hall–Kier alpha value is -1.91. The lowest BCUT2D eigenvalue weighted by atomic mass is 9.90.